The van der Waals surface area contributed by atoms with Gasteiger partial charge in [-0.3, -0.25) is 14.4 Å². The predicted molar refractivity (Wildman–Crippen MR) is 74.2 cm³/mol. The number of ether oxygens (including phenoxy) is 3. The topological polar surface area (TPSA) is 78.9 Å². The summed E-state index contributed by atoms with van der Waals surface area (Å²) in [5.74, 6) is -3.84. The molecule has 1 fully saturated rings. The van der Waals surface area contributed by atoms with Crippen LogP contribution in [0.25, 0.3) is 0 Å². The number of carbonyl (C=O) groups excluding carboxylic acids is 3. The van der Waals surface area contributed by atoms with Gasteiger partial charge < -0.3 is 14.2 Å². The predicted octanol–water partition coefficient (Wildman–Crippen LogP) is 1.71. The van der Waals surface area contributed by atoms with Crippen LogP contribution in [0.2, 0.25) is 0 Å². The summed E-state index contributed by atoms with van der Waals surface area (Å²) < 4.78 is 15.1. The van der Waals surface area contributed by atoms with Crippen LogP contribution in [0.5, 0.6) is 0 Å². The molecule has 0 saturated heterocycles. The van der Waals surface area contributed by atoms with E-state index >= 15 is 0 Å². The Labute approximate surface area is 125 Å². The SMILES string of the molecule is CCCOC(=O)C1C(C(=O)OCCC)C1C(=O)OCCC. The molecule has 1 aliphatic rings. The van der Waals surface area contributed by atoms with Gasteiger partial charge in [0.25, 0.3) is 0 Å². The van der Waals surface area contributed by atoms with E-state index in [9.17, 15) is 14.4 Å². The molecule has 0 unspecified atom stereocenters. The van der Waals surface area contributed by atoms with Gasteiger partial charge >= 0.3 is 17.9 Å². The van der Waals surface area contributed by atoms with Crippen molar-refractivity contribution in [2.24, 2.45) is 17.8 Å². The molecule has 0 aromatic carbocycles. The molecule has 1 rings (SSSR count). The van der Waals surface area contributed by atoms with Crippen molar-refractivity contribution < 1.29 is 28.6 Å². The highest BCUT2D eigenvalue weighted by molar-refractivity contribution is 5.97. The highest BCUT2D eigenvalue weighted by Gasteiger charge is 2.65. The first-order valence-electron chi connectivity index (χ1n) is 7.58. The zero-order valence-electron chi connectivity index (χ0n) is 12.9. The van der Waals surface area contributed by atoms with Crippen molar-refractivity contribution in [1.82, 2.24) is 0 Å². The van der Waals surface area contributed by atoms with Crippen LogP contribution in [0, 0.1) is 17.8 Å². The second kappa shape index (κ2) is 8.64. The lowest BCUT2D eigenvalue weighted by molar-refractivity contribution is -0.151. The van der Waals surface area contributed by atoms with Crippen molar-refractivity contribution in [3.05, 3.63) is 0 Å². The third kappa shape index (κ3) is 4.72. The molecule has 0 aliphatic heterocycles. The van der Waals surface area contributed by atoms with Crippen LogP contribution in [-0.4, -0.2) is 37.7 Å². The van der Waals surface area contributed by atoms with E-state index in [1.54, 1.807) is 0 Å². The third-order valence-corrected chi connectivity index (χ3v) is 3.18. The average Bonchev–Trinajstić information content (AvgIpc) is 3.23. The smallest absolute Gasteiger partial charge is 0.310 e. The largest absolute Gasteiger partial charge is 0.465 e. The lowest BCUT2D eigenvalue weighted by Crippen LogP contribution is -2.14. The summed E-state index contributed by atoms with van der Waals surface area (Å²) in [5.41, 5.74) is 0. The van der Waals surface area contributed by atoms with Gasteiger partial charge in [0.1, 0.15) is 0 Å². The van der Waals surface area contributed by atoms with Gasteiger partial charge in [-0.05, 0) is 19.3 Å². The molecule has 0 N–H and O–H groups in total. The minimum atomic E-state index is -0.759. The molecule has 1 aliphatic carbocycles. The van der Waals surface area contributed by atoms with Gasteiger partial charge in [0.2, 0.25) is 0 Å². The first-order chi connectivity index (χ1) is 10.1. The first-order valence-corrected chi connectivity index (χ1v) is 7.58. The Morgan fingerprint density at radius 1 is 0.619 bits per heavy atom. The van der Waals surface area contributed by atoms with Gasteiger partial charge in [0, 0.05) is 0 Å². The Kier molecular flexibility index (Phi) is 7.19. The lowest BCUT2D eigenvalue weighted by Gasteiger charge is -2.02. The molecule has 0 spiro atoms. The molecule has 0 bridgehead atoms. The van der Waals surface area contributed by atoms with Gasteiger partial charge in [-0.15, -0.1) is 0 Å². The van der Waals surface area contributed by atoms with Crippen molar-refractivity contribution in [2.45, 2.75) is 40.0 Å². The standard InChI is InChI=1S/C15H24O6/c1-4-7-19-13(16)10-11(14(17)20-8-5-2)12(10)15(18)21-9-6-3/h10-12H,4-9H2,1-3H3. The van der Waals surface area contributed by atoms with Gasteiger partial charge in [0.15, 0.2) is 0 Å². The molecular formula is C15H24O6. The Hall–Kier alpha value is -1.59. The zero-order chi connectivity index (χ0) is 15.8. The van der Waals surface area contributed by atoms with Crippen molar-refractivity contribution in [2.75, 3.05) is 19.8 Å². The molecule has 1 saturated carbocycles. The minimum absolute atomic E-state index is 0.281. The Morgan fingerprint density at radius 3 is 1.05 bits per heavy atom. The van der Waals surface area contributed by atoms with Gasteiger partial charge in [-0.25, -0.2) is 0 Å². The van der Waals surface area contributed by atoms with E-state index in [2.05, 4.69) is 0 Å². The molecular weight excluding hydrogens is 276 g/mol. The summed E-state index contributed by atoms with van der Waals surface area (Å²) in [5, 5.41) is 0. The van der Waals surface area contributed by atoms with Crippen LogP contribution < -0.4 is 0 Å². The van der Waals surface area contributed by atoms with E-state index in [4.69, 9.17) is 14.2 Å². The maximum absolute atomic E-state index is 11.9. The first kappa shape index (κ1) is 17.5. The van der Waals surface area contributed by atoms with Crippen molar-refractivity contribution in [3.63, 3.8) is 0 Å². The summed E-state index contributed by atoms with van der Waals surface area (Å²) >= 11 is 0. The van der Waals surface area contributed by atoms with Crippen molar-refractivity contribution >= 4 is 17.9 Å². The van der Waals surface area contributed by atoms with E-state index in [-0.39, 0.29) is 19.8 Å². The van der Waals surface area contributed by atoms with Crippen LogP contribution in [0.4, 0.5) is 0 Å². The normalized spacial score (nSPS) is 23.3. The number of rotatable bonds is 9. The molecule has 6 heteroatoms. The second-order valence-electron chi connectivity index (χ2n) is 5.08. The van der Waals surface area contributed by atoms with Gasteiger partial charge in [-0.2, -0.15) is 0 Å². The van der Waals surface area contributed by atoms with Crippen molar-refractivity contribution in [3.8, 4) is 0 Å². The Morgan fingerprint density at radius 2 is 0.857 bits per heavy atom. The highest BCUT2D eigenvalue weighted by Crippen LogP contribution is 2.48. The summed E-state index contributed by atoms with van der Waals surface area (Å²) in [6, 6.07) is 0. The molecule has 120 valence electrons. The van der Waals surface area contributed by atoms with Crippen molar-refractivity contribution in [1.29, 1.82) is 0 Å². The van der Waals surface area contributed by atoms with Crippen LogP contribution >= 0.6 is 0 Å². The number of esters is 3. The van der Waals surface area contributed by atoms with E-state index in [0.29, 0.717) is 19.3 Å². The number of hydrogen-bond acceptors (Lipinski definition) is 6. The van der Waals surface area contributed by atoms with E-state index < -0.39 is 35.7 Å². The van der Waals surface area contributed by atoms with Crippen LogP contribution in [0.15, 0.2) is 0 Å². The molecule has 0 amide bonds. The number of hydrogen-bond donors (Lipinski definition) is 0. The third-order valence-electron chi connectivity index (χ3n) is 3.18. The summed E-state index contributed by atoms with van der Waals surface area (Å²) in [6.07, 6.45) is 2.07. The molecule has 0 atom stereocenters. The fraction of sp³-hybridized carbons (Fsp3) is 0.800. The van der Waals surface area contributed by atoms with Crippen LogP contribution in [0.3, 0.4) is 0 Å². The quantitative estimate of drug-likeness (QED) is 0.476. The molecule has 0 aromatic heterocycles. The lowest BCUT2D eigenvalue weighted by atomic mass is 10.3. The Bertz CT molecular complexity index is 315. The fourth-order valence-electron chi connectivity index (χ4n) is 2.09. The maximum atomic E-state index is 11.9. The maximum Gasteiger partial charge on any atom is 0.310 e. The van der Waals surface area contributed by atoms with E-state index in [0.717, 1.165) is 0 Å². The monoisotopic (exact) mass is 300 g/mol. The van der Waals surface area contributed by atoms with E-state index in [1.165, 1.54) is 0 Å². The molecule has 0 radical (unpaired) electrons. The van der Waals surface area contributed by atoms with E-state index in [1.807, 2.05) is 20.8 Å². The number of carbonyl (C=O) groups is 3. The highest BCUT2D eigenvalue weighted by atomic mass is 16.6. The molecule has 0 aromatic rings. The van der Waals surface area contributed by atoms with Gasteiger partial charge in [-0.1, -0.05) is 20.8 Å². The molecule has 21 heavy (non-hydrogen) atoms. The molecule has 6 nitrogen and oxygen atoms in total. The second-order valence-corrected chi connectivity index (χ2v) is 5.08. The van der Waals surface area contributed by atoms with Crippen LogP contribution in [-0.2, 0) is 28.6 Å². The minimum Gasteiger partial charge on any atom is -0.465 e. The van der Waals surface area contributed by atoms with Gasteiger partial charge in [0.05, 0.1) is 37.6 Å². The summed E-state index contributed by atoms with van der Waals surface area (Å²) in [6.45, 7) is 6.47. The average molecular weight is 300 g/mol. The molecule has 0 heterocycles. The Balaban J connectivity index is 2.65. The zero-order valence-corrected chi connectivity index (χ0v) is 12.9. The summed E-state index contributed by atoms with van der Waals surface area (Å²) in [4.78, 5) is 35.7. The summed E-state index contributed by atoms with van der Waals surface area (Å²) in [7, 11) is 0. The van der Waals surface area contributed by atoms with Crippen LogP contribution in [0.1, 0.15) is 40.0 Å². The fourth-order valence-corrected chi connectivity index (χ4v) is 2.09.